The van der Waals surface area contributed by atoms with E-state index in [0.29, 0.717) is 23.7 Å². The summed E-state index contributed by atoms with van der Waals surface area (Å²) in [6.45, 7) is 6.56. The Morgan fingerprint density at radius 1 is 1.41 bits per heavy atom. The molecule has 2 fully saturated rings. The van der Waals surface area contributed by atoms with E-state index in [1.165, 1.54) is 6.42 Å². The average molecular weight is 239 g/mol. The van der Waals surface area contributed by atoms with Gasteiger partial charge in [-0.2, -0.15) is 0 Å². The van der Waals surface area contributed by atoms with Crippen LogP contribution in [0, 0.1) is 17.8 Å². The molecule has 3 nitrogen and oxygen atoms in total. The van der Waals surface area contributed by atoms with Crippen LogP contribution in [0.4, 0.5) is 0 Å². The van der Waals surface area contributed by atoms with Crippen molar-refractivity contribution in [2.75, 3.05) is 19.7 Å². The summed E-state index contributed by atoms with van der Waals surface area (Å²) in [4.78, 5) is 14.4. The summed E-state index contributed by atoms with van der Waals surface area (Å²) in [7, 11) is 0. The number of Topliss-reactive ketones (excluding diaryl/α,β-unsaturated/α-hetero) is 1. The van der Waals surface area contributed by atoms with Crippen LogP contribution in [0.1, 0.15) is 39.5 Å². The Balaban J connectivity index is 1.95. The highest BCUT2D eigenvalue weighted by atomic mass is 16.3. The number of rotatable bonds is 3. The van der Waals surface area contributed by atoms with E-state index in [-0.39, 0.29) is 12.5 Å². The maximum atomic E-state index is 12.1. The molecule has 0 bridgehead atoms. The summed E-state index contributed by atoms with van der Waals surface area (Å²) in [5, 5.41) is 9.31. The van der Waals surface area contributed by atoms with Gasteiger partial charge in [-0.15, -0.1) is 0 Å². The largest absolute Gasteiger partial charge is 0.395 e. The number of hydrogen-bond donors (Lipinski definition) is 1. The van der Waals surface area contributed by atoms with Crippen LogP contribution in [0.3, 0.4) is 0 Å². The Hall–Kier alpha value is -0.410. The van der Waals surface area contributed by atoms with Gasteiger partial charge in [-0.1, -0.05) is 13.8 Å². The highest BCUT2D eigenvalue weighted by Crippen LogP contribution is 2.32. The predicted octanol–water partition coefficient (Wildman–Crippen LogP) is 1.69. The molecule has 1 aliphatic heterocycles. The van der Waals surface area contributed by atoms with Crippen molar-refractivity contribution in [1.29, 1.82) is 0 Å². The van der Waals surface area contributed by atoms with E-state index in [9.17, 15) is 9.90 Å². The van der Waals surface area contributed by atoms with Gasteiger partial charge in [0.05, 0.1) is 6.61 Å². The molecule has 0 aromatic heterocycles. The minimum Gasteiger partial charge on any atom is -0.395 e. The van der Waals surface area contributed by atoms with Crippen LogP contribution in [0.2, 0.25) is 0 Å². The molecule has 98 valence electrons. The molecular weight excluding hydrogens is 214 g/mol. The van der Waals surface area contributed by atoms with Crippen molar-refractivity contribution >= 4 is 5.78 Å². The quantitative estimate of drug-likeness (QED) is 0.815. The highest BCUT2D eigenvalue weighted by molar-refractivity contribution is 5.82. The van der Waals surface area contributed by atoms with Crippen LogP contribution in [0.25, 0.3) is 0 Å². The van der Waals surface area contributed by atoms with Crippen LogP contribution in [-0.2, 0) is 4.79 Å². The second-order valence-corrected chi connectivity index (χ2v) is 6.07. The lowest BCUT2D eigenvalue weighted by Crippen LogP contribution is -2.43. The fourth-order valence-electron chi connectivity index (χ4n) is 3.57. The molecule has 1 aliphatic carbocycles. The highest BCUT2D eigenvalue weighted by Gasteiger charge is 2.35. The fraction of sp³-hybridized carbons (Fsp3) is 0.929. The standard InChI is InChI=1S/C14H25NO2/c1-10-6-11(2)13(14(17)7-10)8-15-5-3-4-12(15)9-16/h10-13,16H,3-9H2,1-2H3. The number of likely N-dealkylation sites (tertiary alicyclic amines) is 1. The Kier molecular flexibility index (Phi) is 4.21. The zero-order valence-corrected chi connectivity index (χ0v) is 11.1. The normalized spacial score (nSPS) is 39.8. The van der Waals surface area contributed by atoms with E-state index in [4.69, 9.17) is 0 Å². The molecule has 4 atom stereocenters. The van der Waals surface area contributed by atoms with E-state index in [2.05, 4.69) is 18.7 Å². The van der Waals surface area contributed by atoms with Gasteiger partial charge in [-0.05, 0) is 37.6 Å². The van der Waals surface area contributed by atoms with Crippen molar-refractivity contribution in [1.82, 2.24) is 4.90 Å². The topological polar surface area (TPSA) is 40.5 Å². The first-order valence-corrected chi connectivity index (χ1v) is 6.99. The second-order valence-electron chi connectivity index (χ2n) is 6.07. The number of aliphatic hydroxyl groups is 1. The molecule has 1 heterocycles. The van der Waals surface area contributed by atoms with Gasteiger partial charge < -0.3 is 5.11 Å². The first kappa shape index (κ1) is 13.0. The number of hydrogen-bond acceptors (Lipinski definition) is 3. The van der Waals surface area contributed by atoms with Gasteiger partial charge in [0.2, 0.25) is 0 Å². The van der Waals surface area contributed by atoms with Crippen molar-refractivity contribution < 1.29 is 9.90 Å². The third kappa shape index (κ3) is 2.89. The molecule has 1 saturated heterocycles. The zero-order valence-electron chi connectivity index (χ0n) is 11.1. The van der Waals surface area contributed by atoms with Crippen LogP contribution in [-0.4, -0.2) is 41.5 Å². The van der Waals surface area contributed by atoms with Crippen molar-refractivity contribution in [2.45, 2.75) is 45.6 Å². The summed E-state index contributed by atoms with van der Waals surface area (Å²) >= 11 is 0. The average Bonchev–Trinajstić information content (AvgIpc) is 2.70. The molecule has 0 amide bonds. The molecule has 2 rings (SSSR count). The van der Waals surface area contributed by atoms with Crippen molar-refractivity contribution in [3.8, 4) is 0 Å². The van der Waals surface area contributed by atoms with Crippen molar-refractivity contribution in [3.63, 3.8) is 0 Å². The minimum absolute atomic E-state index is 0.207. The van der Waals surface area contributed by atoms with Gasteiger partial charge in [0.1, 0.15) is 5.78 Å². The maximum absolute atomic E-state index is 12.1. The second kappa shape index (κ2) is 5.49. The van der Waals surface area contributed by atoms with Gasteiger partial charge in [0.15, 0.2) is 0 Å². The molecule has 4 unspecified atom stereocenters. The van der Waals surface area contributed by atoms with E-state index >= 15 is 0 Å². The number of carbonyl (C=O) groups is 1. The van der Waals surface area contributed by atoms with Crippen LogP contribution < -0.4 is 0 Å². The van der Waals surface area contributed by atoms with Gasteiger partial charge in [0, 0.05) is 24.9 Å². The SMILES string of the molecule is CC1CC(=O)C(CN2CCCC2CO)C(C)C1. The summed E-state index contributed by atoms with van der Waals surface area (Å²) in [6.07, 6.45) is 4.18. The molecule has 1 N–H and O–H groups in total. The number of aliphatic hydroxyl groups excluding tert-OH is 1. The number of ketones is 1. The summed E-state index contributed by atoms with van der Waals surface area (Å²) < 4.78 is 0. The Bertz CT molecular complexity index is 279. The molecule has 0 aromatic rings. The van der Waals surface area contributed by atoms with Crippen LogP contribution in [0.15, 0.2) is 0 Å². The minimum atomic E-state index is 0.207. The van der Waals surface area contributed by atoms with Gasteiger partial charge >= 0.3 is 0 Å². The molecular formula is C14H25NO2. The fourth-order valence-corrected chi connectivity index (χ4v) is 3.57. The van der Waals surface area contributed by atoms with Gasteiger partial charge in [0.25, 0.3) is 0 Å². The molecule has 0 radical (unpaired) electrons. The van der Waals surface area contributed by atoms with E-state index in [1.807, 2.05) is 0 Å². The Morgan fingerprint density at radius 2 is 2.18 bits per heavy atom. The smallest absolute Gasteiger partial charge is 0.137 e. The molecule has 3 heteroatoms. The van der Waals surface area contributed by atoms with Gasteiger partial charge in [-0.25, -0.2) is 0 Å². The predicted molar refractivity (Wildman–Crippen MR) is 67.7 cm³/mol. The summed E-state index contributed by atoms with van der Waals surface area (Å²) in [5.41, 5.74) is 0. The molecule has 2 aliphatic rings. The van der Waals surface area contributed by atoms with E-state index in [0.717, 1.165) is 32.4 Å². The van der Waals surface area contributed by atoms with Crippen molar-refractivity contribution in [3.05, 3.63) is 0 Å². The number of carbonyl (C=O) groups excluding carboxylic acids is 1. The molecule has 0 aromatic carbocycles. The third-order valence-corrected chi connectivity index (χ3v) is 4.57. The monoisotopic (exact) mass is 239 g/mol. The van der Waals surface area contributed by atoms with Gasteiger partial charge in [-0.3, -0.25) is 9.69 Å². The summed E-state index contributed by atoms with van der Waals surface area (Å²) in [5.74, 6) is 1.71. The summed E-state index contributed by atoms with van der Waals surface area (Å²) in [6, 6.07) is 0.300. The molecule has 17 heavy (non-hydrogen) atoms. The third-order valence-electron chi connectivity index (χ3n) is 4.57. The lowest BCUT2D eigenvalue weighted by atomic mass is 9.74. The first-order valence-electron chi connectivity index (χ1n) is 6.99. The molecule has 0 spiro atoms. The lowest BCUT2D eigenvalue weighted by molar-refractivity contribution is -0.128. The van der Waals surface area contributed by atoms with E-state index < -0.39 is 0 Å². The Morgan fingerprint density at radius 3 is 2.82 bits per heavy atom. The maximum Gasteiger partial charge on any atom is 0.137 e. The van der Waals surface area contributed by atoms with Crippen LogP contribution >= 0.6 is 0 Å². The number of nitrogens with zero attached hydrogens (tertiary/aromatic N) is 1. The Labute approximate surface area is 104 Å². The van der Waals surface area contributed by atoms with Crippen molar-refractivity contribution in [2.24, 2.45) is 17.8 Å². The van der Waals surface area contributed by atoms with Crippen LogP contribution in [0.5, 0.6) is 0 Å². The van der Waals surface area contributed by atoms with E-state index in [1.54, 1.807) is 0 Å². The lowest BCUT2D eigenvalue weighted by Gasteiger charge is -2.35. The zero-order chi connectivity index (χ0) is 12.4. The first-order chi connectivity index (χ1) is 8.11. The molecule has 1 saturated carbocycles.